The molecule has 52 heavy (non-hydrogen) atoms. The van der Waals surface area contributed by atoms with Crippen molar-refractivity contribution in [2.24, 2.45) is 0 Å². The molecule has 1 aromatic heterocycles. The molecule has 0 aliphatic carbocycles. The van der Waals surface area contributed by atoms with Gasteiger partial charge in [-0.15, -0.1) is 0 Å². The van der Waals surface area contributed by atoms with Crippen LogP contribution in [0.4, 0.5) is 4.79 Å². The summed E-state index contributed by atoms with van der Waals surface area (Å²) in [5.74, 6) is 0.952. The molecule has 276 valence electrons. The molecule has 5 rings (SSSR count). The van der Waals surface area contributed by atoms with Gasteiger partial charge in [0.1, 0.15) is 17.2 Å². The molecule has 5 N–H and O–H groups in total. The molecule has 2 aliphatic rings. The van der Waals surface area contributed by atoms with Gasteiger partial charge in [-0.05, 0) is 35.8 Å². The van der Waals surface area contributed by atoms with Gasteiger partial charge in [-0.25, -0.2) is 9.78 Å². The van der Waals surface area contributed by atoms with Crippen LogP contribution in [0, 0.1) is 0 Å². The van der Waals surface area contributed by atoms with E-state index in [1.165, 1.54) is 12.5 Å². The first kappa shape index (κ1) is 39.6. The van der Waals surface area contributed by atoms with E-state index in [1.807, 2.05) is 51.6 Å². The van der Waals surface area contributed by atoms with Gasteiger partial charge in [0.2, 0.25) is 5.91 Å². The maximum absolute atomic E-state index is 13.2. The van der Waals surface area contributed by atoms with E-state index in [0.717, 1.165) is 24.2 Å². The fourth-order valence-electron chi connectivity index (χ4n) is 5.62. The Kier molecular flexibility index (Phi) is 14.0. The van der Waals surface area contributed by atoms with Crippen molar-refractivity contribution in [1.29, 1.82) is 0 Å². The van der Waals surface area contributed by atoms with Gasteiger partial charge >= 0.3 is 6.03 Å². The molecule has 4 amide bonds. The lowest BCUT2D eigenvalue weighted by Crippen LogP contribution is -2.35. The number of urea groups is 1. The Morgan fingerprint density at radius 3 is 2.46 bits per heavy atom. The van der Waals surface area contributed by atoms with Crippen molar-refractivity contribution in [2.75, 3.05) is 12.8 Å². The van der Waals surface area contributed by atoms with Gasteiger partial charge in [-0.1, -0.05) is 83.5 Å². The number of thioether (sulfide) groups is 1. The van der Waals surface area contributed by atoms with E-state index in [2.05, 4.69) is 38.5 Å². The van der Waals surface area contributed by atoms with E-state index in [1.54, 1.807) is 49.5 Å². The third-order valence-electron chi connectivity index (χ3n) is 8.48. The molecule has 0 saturated carbocycles. The summed E-state index contributed by atoms with van der Waals surface area (Å²) in [6.45, 7) is 10.5. The number of unbranched alkanes of at least 4 members (excludes halogenated alkanes) is 1. The second kappa shape index (κ2) is 18.4. The summed E-state index contributed by atoms with van der Waals surface area (Å²) in [5, 5.41) is 14.7. The Labute approximate surface area is 309 Å². The minimum absolute atomic E-state index is 0.00199. The third kappa shape index (κ3) is 10.9. The number of aromatic nitrogens is 1. The van der Waals surface area contributed by atoms with Gasteiger partial charge in [-0.2, -0.15) is 11.8 Å². The second-order valence-corrected chi connectivity index (χ2v) is 15.0. The Morgan fingerprint density at radius 2 is 1.81 bits per heavy atom. The highest BCUT2D eigenvalue weighted by Gasteiger charge is 2.40. The standard InChI is InChI=1S/C33H38N4O5.C6H10N2OS/c1-6-7-11-29(39)35-19-22-12-14-24(15-13-22)30(40)25-10-8-9-23(16-25)17-28(34-5)32(41)37-26(20-38)18-27-31(33(2,3)4)42-21-36-27;1-3-5-4(2-10-3)7-6(9)8-5/h8-10,12-18,20-21,34H,6-7,11,19H2,1-5H3,(H,35,39)(H,37,41);3-5H,2H2,1H3,(H2,7,8,9)/b26-18-,28-17-;. The van der Waals surface area contributed by atoms with Gasteiger partial charge in [0.15, 0.2) is 18.5 Å². The Bertz CT molecular complexity index is 1810. The fraction of sp³-hybridized carbons (Fsp3) is 0.385. The SMILES string of the molecule is CC1SCC2NC(=O)NC21.CCCCC(=O)NCc1ccc(C(=O)c2cccc(/C=C(\NC)C(=O)N/C(C=O)=C\c3ncoc3C(C)(C)C)c2)cc1. The van der Waals surface area contributed by atoms with Crippen LogP contribution in [0.15, 0.2) is 70.7 Å². The first-order valence-corrected chi connectivity index (χ1v) is 18.4. The summed E-state index contributed by atoms with van der Waals surface area (Å²) in [6, 6.07) is 14.8. The normalized spacial score (nSPS) is 18.3. The van der Waals surface area contributed by atoms with Crippen LogP contribution < -0.4 is 26.6 Å². The van der Waals surface area contributed by atoms with Crippen LogP contribution in [0.5, 0.6) is 0 Å². The molecular formula is C39H48N6O6S. The van der Waals surface area contributed by atoms with Crippen LogP contribution in [0.1, 0.15) is 92.4 Å². The van der Waals surface area contributed by atoms with Crippen LogP contribution in [0.2, 0.25) is 0 Å². The molecule has 2 saturated heterocycles. The molecule has 0 bridgehead atoms. The number of ketones is 1. The second-order valence-electron chi connectivity index (χ2n) is 13.6. The van der Waals surface area contributed by atoms with E-state index in [9.17, 15) is 24.0 Å². The number of nitrogens with zero attached hydrogens (tertiary/aromatic N) is 1. The molecule has 0 radical (unpaired) electrons. The number of oxazole rings is 1. The number of likely N-dealkylation sites (N-methyl/N-ethyl adjacent to an activating group) is 1. The predicted octanol–water partition coefficient (Wildman–Crippen LogP) is 5.10. The van der Waals surface area contributed by atoms with E-state index >= 15 is 0 Å². The maximum Gasteiger partial charge on any atom is 0.315 e. The lowest BCUT2D eigenvalue weighted by Gasteiger charge is -2.15. The molecule has 3 heterocycles. The van der Waals surface area contributed by atoms with Gasteiger partial charge in [0.05, 0.1) is 17.8 Å². The first-order valence-electron chi connectivity index (χ1n) is 17.3. The minimum Gasteiger partial charge on any atom is -0.447 e. The average molecular weight is 729 g/mol. The molecule has 3 unspecified atom stereocenters. The molecule has 3 atom stereocenters. The summed E-state index contributed by atoms with van der Waals surface area (Å²) >= 11 is 1.91. The number of aldehydes is 1. The lowest BCUT2D eigenvalue weighted by molar-refractivity contribution is -0.121. The van der Waals surface area contributed by atoms with Crippen molar-refractivity contribution >= 4 is 53.8 Å². The Balaban J connectivity index is 0.000000513. The molecule has 2 fully saturated rings. The van der Waals surface area contributed by atoms with E-state index in [-0.39, 0.29) is 34.5 Å². The van der Waals surface area contributed by atoms with E-state index in [0.29, 0.717) is 64.7 Å². The Hall–Kier alpha value is -5.17. The van der Waals surface area contributed by atoms with E-state index < -0.39 is 5.91 Å². The van der Waals surface area contributed by atoms with Crippen molar-refractivity contribution in [3.63, 3.8) is 0 Å². The largest absolute Gasteiger partial charge is 0.447 e. The smallest absolute Gasteiger partial charge is 0.315 e. The predicted molar refractivity (Wildman–Crippen MR) is 203 cm³/mol. The average Bonchev–Trinajstić information content (AvgIpc) is 3.85. The number of carbonyl (C=O) groups is 5. The van der Waals surface area contributed by atoms with Crippen LogP contribution in [0.25, 0.3) is 12.2 Å². The summed E-state index contributed by atoms with van der Waals surface area (Å²) < 4.78 is 5.48. The highest BCUT2D eigenvalue weighted by molar-refractivity contribution is 8.00. The summed E-state index contributed by atoms with van der Waals surface area (Å²) in [7, 11) is 1.59. The number of fused-ring (bicyclic) bond motifs is 1. The number of hydrogen-bond donors (Lipinski definition) is 5. The molecule has 3 aromatic rings. The van der Waals surface area contributed by atoms with Gasteiger partial charge in [0.25, 0.3) is 5.91 Å². The van der Waals surface area contributed by atoms with Gasteiger partial charge < -0.3 is 31.0 Å². The number of benzene rings is 2. The molecule has 0 spiro atoms. The lowest BCUT2D eigenvalue weighted by atomic mass is 9.91. The highest BCUT2D eigenvalue weighted by Crippen LogP contribution is 2.29. The maximum atomic E-state index is 13.2. The minimum atomic E-state index is -0.536. The Morgan fingerprint density at radius 1 is 1.06 bits per heavy atom. The van der Waals surface area contributed by atoms with Crippen molar-refractivity contribution in [3.05, 3.63) is 100 Å². The molecular weight excluding hydrogens is 681 g/mol. The number of carbonyl (C=O) groups excluding carboxylic acids is 5. The molecule has 2 aromatic carbocycles. The molecule has 13 heteroatoms. The molecule has 12 nitrogen and oxygen atoms in total. The zero-order valence-corrected chi connectivity index (χ0v) is 31.3. The number of hydrogen-bond acceptors (Lipinski definition) is 9. The fourth-order valence-corrected chi connectivity index (χ4v) is 6.89. The quantitative estimate of drug-likeness (QED) is 0.0696. The summed E-state index contributed by atoms with van der Waals surface area (Å²) in [6.07, 6.45) is 7.22. The summed E-state index contributed by atoms with van der Waals surface area (Å²) in [5.41, 5.74) is 2.81. The zero-order valence-electron chi connectivity index (χ0n) is 30.5. The van der Waals surface area contributed by atoms with Crippen LogP contribution in [-0.4, -0.2) is 65.0 Å². The number of rotatable bonds is 13. The number of amides is 4. The van der Waals surface area contributed by atoms with E-state index in [4.69, 9.17) is 4.42 Å². The van der Waals surface area contributed by atoms with Crippen LogP contribution in [-0.2, 0) is 26.3 Å². The third-order valence-corrected chi connectivity index (χ3v) is 9.85. The topological polar surface area (TPSA) is 172 Å². The van der Waals surface area contributed by atoms with Crippen molar-refractivity contribution in [1.82, 2.24) is 31.6 Å². The van der Waals surface area contributed by atoms with Crippen LogP contribution in [0.3, 0.4) is 0 Å². The molecule has 2 aliphatic heterocycles. The van der Waals surface area contributed by atoms with Crippen molar-refractivity contribution in [3.8, 4) is 0 Å². The first-order chi connectivity index (χ1) is 24.8. The summed E-state index contributed by atoms with van der Waals surface area (Å²) in [4.78, 5) is 64.7. The van der Waals surface area contributed by atoms with Crippen molar-refractivity contribution < 1.29 is 28.4 Å². The number of allylic oxidation sites excluding steroid dienone is 1. The van der Waals surface area contributed by atoms with Crippen molar-refractivity contribution in [2.45, 2.75) is 83.2 Å². The van der Waals surface area contributed by atoms with Crippen LogP contribution >= 0.6 is 11.8 Å². The highest BCUT2D eigenvalue weighted by atomic mass is 32.2. The van der Waals surface area contributed by atoms with Gasteiger partial charge in [-0.3, -0.25) is 19.2 Å². The van der Waals surface area contributed by atoms with Gasteiger partial charge in [0, 0.05) is 47.6 Å². The number of nitrogens with one attached hydrogen (secondary N) is 5. The zero-order chi connectivity index (χ0) is 37.8. The monoisotopic (exact) mass is 728 g/mol.